The first-order valence-corrected chi connectivity index (χ1v) is 31.7. The Kier molecular flexibility index (Phi) is 16.5. The van der Waals surface area contributed by atoms with Crippen molar-refractivity contribution in [2.24, 2.45) is 75.4 Å². The molecular formula is C71H106N2O7. The Morgan fingerprint density at radius 2 is 1.36 bits per heavy atom. The minimum absolute atomic E-state index is 0. The van der Waals surface area contributed by atoms with E-state index in [2.05, 4.69) is 66.8 Å². The second-order valence-corrected chi connectivity index (χ2v) is 30.0. The Labute approximate surface area is 484 Å². The fourth-order valence-corrected chi connectivity index (χ4v) is 20.0. The number of fused-ring (bicyclic) bond motifs is 12. The van der Waals surface area contributed by atoms with E-state index in [9.17, 15) is 14.4 Å². The number of piperidine rings is 2. The summed E-state index contributed by atoms with van der Waals surface area (Å²) in [6.45, 7) is 27.2. The number of hydrogen-bond donors (Lipinski definition) is 1. The molecule has 19 atom stereocenters. The molecule has 4 saturated carbocycles. The van der Waals surface area contributed by atoms with Gasteiger partial charge in [0.25, 0.3) is 0 Å². The van der Waals surface area contributed by atoms with Gasteiger partial charge in [0.1, 0.15) is 12.7 Å². The number of carbonyl (C=O) groups excluding carboxylic acids is 3. The minimum atomic E-state index is -0.464. The van der Waals surface area contributed by atoms with Crippen molar-refractivity contribution in [1.82, 2.24) is 10.2 Å². The van der Waals surface area contributed by atoms with Gasteiger partial charge in [-0.2, -0.15) is 0 Å². The predicted octanol–water partition coefficient (Wildman–Crippen LogP) is 15.9. The fourth-order valence-electron chi connectivity index (χ4n) is 20.0. The number of rotatable bonds is 3. The van der Waals surface area contributed by atoms with Crippen LogP contribution in [0.4, 0.5) is 4.79 Å². The Morgan fingerprint density at radius 3 is 2.05 bits per heavy atom. The van der Waals surface area contributed by atoms with Crippen LogP contribution in [-0.4, -0.2) is 77.4 Å². The molecule has 4 aliphatic heterocycles. The van der Waals surface area contributed by atoms with E-state index in [4.69, 9.17) is 18.9 Å². The lowest BCUT2D eigenvalue weighted by molar-refractivity contribution is -0.160. The van der Waals surface area contributed by atoms with Gasteiger partial charge in [0.2, 0.25) is 0 Å². The smallest absolute Gasteiger partial charge is 0.410 e. The number of benzene rings is 1. The van der Waals surface area contributed by atoms with Gasteiger partial charge in [-0.05, 0) is 214 Å². The minimum Gasteiger partial charge on any atom is -0.462 e. The Bertz CT molecular complexity index is 2640. The topological polar surface area (TPSA) is 103 Å². The van der Waals surface area contributed by atoms with Crippen LogP contribution in [0.1, 0.15) is 212 Å². The van der Waals surface area contributed by atoms with Crippen LogP contribution < -0.4 is 5.32 Å². The van der Waals surface area contributed by atoms with E-state index in [0.29, 0.717) is 54.1 Å². The summed E-state index contributed by atoms with van der Waals surface area (Å²) in [7, 11) is 0. The van der Waals surface area contributed by atoms with E-state index in [1.165, 1.54) is 55.2 Å². The van der Waals surface area contributed by atoms with Crippen molar-refractivity contribution in [3.05, 3.63) is 81.5 Å². The lowest BCUT2D eigenvalue weighted by atomic mass is 9.56. The second kappa shape index (κ2) is 22.1. The summed E-state index contributed by atoms with van der Waals surface area (Å²) in [5.74, 6) is 6.48. The second-order valence-electron chi connectivity index (χ2n) is 30.0. The van der Waals surface area contributed by atoms with Crippen LogP contribution in [0.3, 0.4) is 0 Å². The third-order valence-electron chi connectivity index (χ3n) is 24.4. The number of nitrogens with zero attached hydrogens (tertiary/aromatic N) is 1. The van der Waals surface area contributed by atoms with Crippen molar-refractivity contribution in [3.63, 3.8) is 0 Å². The normalized spacial score (nSPS) is 43.4. The summed E-state index contributed by atoms with van der Waals surface area (Å²) in [6, 6.07) is 10.6. The molecule has 2 spiro atoms. The van der Waals surface area contributed by atoms with Crippen molar-refractivity contribution in [1.29, 1.82) is 0 Å². The molecule has 12 aliphatic rings. The summed E-state index contributed by atoms with van der Waals surface area (Å²) < 4.78 is 26.1. The monoisotopic (exact) mass is 1100 g/mol. The zero-order chi connectivity index (χ0) is 54.8. The van der Waals surface area contributed by atoms with Gasteiger partial charge in [0.05, 0.1) is 34.9 Å². The van der Waals surface area contributed by atoms with Gasteiger partial charge in [0.15, 0.2) is 5.78 Å². The molecule has 4 heterocycles. The number of amides is 1. The summed E-state index contributed by atoms with van der Waals surface area (Å²) in [4.78, 5) is 40.4. The first-order chi connectivity index (χ1) is 37.1. The number of carbonyl (C=O) groups is 3. The van der Waals surface area contributed by atoms with Crippen LogP contribution in [0.5, 0.6) is 0 Å². The number of ether oxygens (including phenoxy) is 4. The third kappa shape index (κ3) is 10.2. The Hall–Kier alpha value is -3.53. The van der Waals surface area contributed by atoms with E-state index in [-0.39, 0.29) is 73.1 Å². The van der Waals surface area contributed by atoms with E-state index < -0.39 is 5.41 Å². The number of likely N-dealkylation sites (tertiary alicyclic amines) is 1. The molecule has 0 bridgehead atoms. The average Bonchev–Trinajstić information content (AvgIpc) is 4.08. The predicted molar refractivity (Wildman–Crippen MR) is 320 cm³/mol. The molecule has 4 saturated heterocycles. The zero-order valence-corrected chi connectivity index (χ0v) is 49.9. The molecule has 13 rings (SSSR count). The van der Waals surface area contributed by atoms with Crippen LogP contribution >= 0.6 is 0 Å². The SMILES string of the molecule is C.C.CC1=C2C[C@H]3[C@@H](CC=C4C[C@@H](OC(=O)C(C)(C)C)CC[C@@]43C)[C@@H]2CC[C@@]2(C1)O[C@@H]1C[C@H](C)CN(C(=O)OCc3ccccc3)[C@H]1[C@H]2C.CC1=C2C[C@H]3[C@@H](CCC4=CC(=O)CC[C@@]43C)[C@@H]2CC[C@@]2(C1)O[C@@H]1C[C@H](C)CN[C@H]1[C@H]2C. The lowest BCUT2D eigenvalue weighted by Gasteiger charge is -2.49. The van der Waals surface area contributed by atoms with Gasteiger partial charge in [0, 0.05) is 37.3 Å². The molecule has 0 aromatic heterocycles. The van der Waals surface area contributed by atoms with Gasteiger partial charge >= 0.3 is 12.1 Å². The highest BCUT2D eigenvalue weighted by Crippen LogP contribution is 2.66. The molecule has 1 N–H and O–H groups in total. The van der Waals surface area contributed by atoms with Gasteiger partial charge < -0.3 is 29.2 Å². The highest BCUT2D eigenvalue weighted by molar-refractivity contribution is 5.91. The number of hydrogen-bond acceptors (Lipinski definition) is 8. The molecular weight excluding hydrogens is 993 g/mol. The quantitative estimate of drug-likeness (QED) is 0.236. The zero-order valence-electron chi connectivity index (χ0n) is 49.9. The molecule has 1 aromatic carbocycles. The molecule has 0 radical (unpaired) electrons. The van der Waals surface area contributed by atoms with Gasteiger partial charge in [-0.1, -0.05) is 126 Å². The molecule has 1 amide bonds. The Morgan fingerprint density at radius 1 is 0.738 bits per heavy atom. The lowest BCUT2D eigenvalue weighted by Crippen LogP contribution is -2.54. The van der Waals surface area contributed by atoms with Crippen molar-refractivity contribution in [3.8, 4) is 0 Å². The highest BCUT2D eigenvalue weighted by Gasteiger charge is 2.62. The van der Waals surface area contributed by atoms with Gasteiger partial charge in [-0.3, -0.25) is 9.59 Å². The van der Waals surface area contributed by atoms with Gasteiger partial charge in [-0.15, -0.1) is 0 Å². The van der Waals surface area contributed by atoms with E-state index in [1.54, 1.807) is 16.7 Å². The molecule has 80 heavy (non-hydrogen) atoms. The van der Waals surface area contributed by atoms with E-state index in [1.807, 2.05) is 62.1 Å². The van der Waals surface area contributed by atoms with Crippen LogP contribution in [0.15, 0.2) is 75.9 Å². The molecule has 8 fully saturated rings. The van der Waals surface area contributed by atoms with Crippen molar-refractivity contribution < 1.29 is 33.3 Å². The first kappa shape index (κ1) is 59.6. The van der Waals surface area contributed by atoms with E-state index >= 15 is 0 Å². The van der Waals surface area contributed by atoms with Gasteiger partial charge in [-0.25, -0.2) is 4.79 Å². The van der Waals surface area contributed by atoms with Crippen LogP contribution in [0.25, 0.3) is 0 Å². The highest BCUT2D eigenvalue weighted by atomic mass is 16.6. The van der Waals surface area contributed by atoms with Crippen LogP contribution in [0.2, 0.25) is 0 Å². The molecule has 442 valence electrons. The molecule has 9 nitrogen and oxygen atoms in total. The van der Waals surface area contributed by atoms with Crippen molar-refractivity contribution in [2.45, 2.75) is 255 Å². The number of esters is 1. The molecule has 1 aromatic rings. The van der Waals surface area contributed by atoms with Crippen molar-refractivity contribution in [2.75, 3.05) is 13.1 Å². The summed E-state index contributed by atoms with van der Waals surface area (Å²) >= 11 is 0. The van der Waals surface area contributed by atoms with E-state index in [0.717, 1.165) is 119 Å². The number of allylic oxidation sites excluding steroid dienone is 5. The van der Waals surface area contributed by atoms with Crippen LogP contribution in [-0.2, 0) is 35.1 Å². The largest absolute Gasteiger partial charge is 0.462 e. The summed E-state index contributed by atoms with van der Waals surface area (Å²) in [6.07, 6.45) is 24.7. The number of ketones is 1. The maximum absolute atomic E-state index is 13.6. The summed E-state index contributed by atoms with van der Waals surface area (Å²) in [5, 5.41) is 3.85. The average molecular weight is 1100 g/mol. The maximum Gasteiger partial charge on any atom is 0.410 e. The first-order valence-electron chi connectivity index (χ1n) is 31.7. The summed E-state index contributed by atoms with van der Waals surface area (Å²) in [5.41, 5.74) is 10.5. The molecule has 9 heteroatoms. The number of nitrogens with one attached hydrogen (secondary N) is 1. The molecule has 0 unspecified atom stereocenters. The maximum atomic E-state index is 13.6. The fraction of sp³-hybridized carbons (Fsp3) is 0.761. The standard InChI is InChI=1S/C41H57NO5.C28H41NO2.2CH4/c1-25-19-35-36(42(23-25)38(44)45-24-28-11-9-8-10-12-28)27(3)41(47-35)18-16-31-32-14-13-29-20-30(46-37(43)39(4,5)6)15-17-40(29,7)34(32)21-33(31)26(2)22-41;1-16-11-25-26(29-15-16)18(3)28(31-25)10-8-21-22-6-5-19-12-20(30)7-9-27(19,4)24(22)13-23(21)17(2)14-28;;/h8-13,25,27,30-32,34-36H,14-24H2,1-7H3;12,16,18,21-22,24-26,29H,5-11,13-15H2,1-4H3;2*1H4/t25-,27+,30-,31-,32-,34-,35+,36-,40-,41-;16-,18+,21-,22-,24-,25+,26-,27-,28-;;/m00../s1. The van der Waals surface area contributed by atoms with Crippen molar-refractivity contribution >= 4 is 17.8 Å². The Balaban J connectivity index is 0.000000189. The molecule has 8 aliphatic carbocycles. The van der Waals surface area contributed by atoms with Crippen LogP contribution in [0, 0.1) is 75.4 Å². The third-order valence-corrected chi connectivity index (χ3v) is 24.4.